The average molecular weight is 363 g/mol. The van der Waals surface area contributed by atoms with Crippen LogP contribution >= 0.6 is 12.4 Å². The minimum absolute atomic E-state index is 0. The summed E-state index contributed by atoms with van der Waals surface area (Å²) in [4.78, 5) is 12.1. The predicted octanol–water partition coefficient (Wildman–Crippen LogP) is 3.74. The van der Waals surface area contributed by atoms with Crippen LogP contribution in [-0.2, 0) is 22.7 Å². The van der Waals surface area contributed by atoms with Gasteiger partial charge in [0, 0.05) is 25.6 Å². The standard InChI is InChI=1S/C20H26N2O2.ClH/c1-2-12-24-15-18-11-7-6-10-17(18)14-22-20(23)13-19(21)16-8-4-3-5-9-16;/h3-11,19H,2,12-15,21H2,1H3,(H,22,23);1H. The summed E-state index contributed by atoms with van der Waals surface area (Å²) in [5.41, 5.74) is 9.26. The molecule has 2 aromatic rings. The molecule has 0 saturated carbocycles. The zero-order valence-electron chi connectivity index (χ0n) is 14.6. The molecule has 1 amide bonds. The SMILES string of the molecule is CCCOCc1ccccc1CNC(=O)CC(N)c1ccccc1.Cl. The molecule has 0 heterocycles. The molecule has 1 unspecified atom stereocenters. The lowest BCUT2D eigenvalue weighted by Crippen LogP contribution is -2.27. The van der Waals surface area contributed by atoms with Crippen molar-refractivity contribution in [3.63, 3.8) is 0 Å². The van der Waals surface area contributed by atoms with Crippen LogP contribution in [0.15, 0.2) is 54.6 Å². The first-order valence-electron chi connectivity index (χ1n) is 8.42. The number of benzene rings is 2. The molecule has 0 aromatic heterocycles. The van der Waals surface area contributed by atoms with Crippen LogP contribution in [0.3, 0.4) is 0 Å². The third-order valence-corrected chi connectivity index (χ3v) is 3.83. The van der Waals surface area contributed by atoms with Crippen molar-refractivity contribution in [2.45, 2.75) is 39.0 Å². The van der Waals surface area contributed by atoms with E-state index in [0.717, 1.165) is 29.7 Å². The first-order chi connectivity index (χ1) is 11.7. The molecule has 0 aliphatic heterocycles. The second kappa shape index (κ2) is 11.6. The molecule has 136 valence electrons. The monoisotopic (exact) mass is 362 g/mol. The van der Waals surface area contributed by atoms with Crippen molar-refractivity contribution in [2.75, 3.05) is 6.61 Å². The molecule has 4 nitrogen and oxygen atoms in total. The van der Waals surface area contributed by atoms with Gasteiger partial charge in [0.2, 0.25) is 5.91 Å². The molecule has 3 N–H and O–H groups in total. The zero-order chi connectivity index (χ0) is 17.2. The van der Waals surface area contributed by atoms with E-state index in [1.165, 1.54) is 0 Å². The lowest BCUT2D eigenvalue weighted by Gasteiger charge is -2.14. The van der Waals surface area contributed by atoms with Crippen LogP contribution in [0.25, 0.3) is 0 Å². The Balaban J connectivity index is 0.00000312. The largest absolute Gasteiger partial charge is 0.377 e. The van der Waals surface area contributed by atoms with E-state index in [1.807, 2.05) is 54.6 Å². The lowest BCUT2D eigenvalue weighted by atomic mass is 10.0. The molecule has 25 heavy (non-hydrogen) atoms. The molecule has 0 bridgehead atoms. The van der Waals surface area contributed by atoms with Gasteiger partial charge in [-0.25, -0.2) is 0 Å². The van der Waals surface area contributed by atoms with E-state index in [0.29, 0.717) is 13.2 Å². The van der Waals surface area contributed by atoms with Gasteiger partial charge in [0.1, 0.15) is 0 Å². The quantitative estimate of drug-likeness (QED) is 0.668. The smallest absolute Gasteiger partial charge is 0.222 e. The molecule has 2 aromatic carbocycles. The van der Waals surface area contributed by atoms with E-state index < -0.39 is 0 Å². The molecule has 0 saturated heterocycles. The van der Waals surface area contributed by atoms with E-state index in [2.05, 4.69) is 12.2 Å². The minimum Gasteiger partial charge on any atom is -0.377 e. The number of nitrogens with two attached hydrogens (primary N) is 1. The van der Waals surface area contributed by atoms with Crippen LogP contribution in [0, 0.1) is 0 Å². The topological polar surface area (TPSA) is 64.3 Å². The summed E-state index contributed by atoms with van der Waals surface area (Å²) in [6.45, 7) is 3.89. The highest BCUT2D eigenvalue weighted by molar-refractivity contribution is 5.85. The fourth-order valence-electron chi connectivity index (χ4n) is 2.48. The van der Waals surface area contributed by atoms with Crippen molar-refractivity contribution in [2.24, 2.45) is 5.73 Å². The van der Waals surface area contributed by atoms with Crippen LogP contribution in [-0.4, -0.2) is 12.5 Å². The average Bonchev–Trinajstić information content (AvgIpc) is 2.62. The normalized spacial score (nSPS) is 11.4. The summed E-state index contributed by atoms with van der Waals surface area (Å²) in [7, 11) is 0. The number of ether oxygens (including phenoxy) is 1. The first kappa shape index (κ1) is 21.2. The van der Waals surface area contributed by atoms with Crippen molar-refractivity contribution in [3.8, 4) is 0 Å². The summed E-state index contributed by atoms with van der Waals surface area (Å²) < 4.78 is 5.61. The van der Waals surface area contributed by atoms with Gasteiger partial charge < -0.3 is 15.8 Å². The summed E-state index contributed by atoms with van der Waals surface area (Å²) in [6, 6.07) is 17.4. The van der Waals surface area contributed by atoms with E-state index in [1.54, 1.807) is 0 Å². The Morgan fingerprint density at radius 2 is 1.72 bits per heavy atom. The van der Waals surface area contributed by atoms with Gasteiger partial charge in [-0.15, -0.1) is 12.4 Å². The highest BCUT2D eigenvalue weighted by Gasteiger charge is 2.11. The second-order valence-corrected chi connectivity index (χ2v) is 5.82. The number of halogens is 1. The lowest BCUT2D eigenvalue weighted by molar-refractivity contribution is -0.121. The second-order valence-electron chi connectivity index (χ2n) is 5.82. The third-order valence-electron chi connectivity index (χ3n) is 3.83. The Bertz CT molecular complexity index is 635. The summed E-state index contributed by atoms with van der Waals surface area (Å²) in [5.74, 6) is -0.0457. The Morgan fingerprint density at radius 1 is 1.08 bits per heavy atom. The Hall–Kier alpha value is -1.88. The van der Waals surface area contributed by atoms with Gasteiger partial charge in [-0.2, -0.15) is 0 Å². The molecule has 0 spiro atoms. The summed E-state index contributed by atoms with van der Waals surface area (Å²) >= 11 is 0. The van der Waals surface area contributed by atoms with E-state index >= 15 is 0 Å². The number of hydrogen-bond acceptors (Lipinski definition) is 3. The van der Waals surface area contributed by atoms with Gasteiger partial charge in [-0.3, -0.25) is 4.79 Å². The van der Waals surface area contributed by atoms with Gasteiger partial charge >= 0.3 is 0 Å². The third kappa shape index (κ3) is 7.26. The van der Waals surface area contributed by atoms with Crippen LogP contribution in [0.1, 0.15) is 42.5 Å². The maximum absolute atomic E-state index is 12.1. The number of carbonyl (C=O) groups is 1. The highest BCUT2D eigenvalue weighted by Crippen LogP contribution is 2.14. The number of carbonyl (C=O) groups excluding carboxylic acids is 1. The molecule has 5 heteroatoms. The zero-order valence-corrected chi connectivity index (χ0v) is 15.4. The summed E-state index contributed by atoms with van der Waals surface area (Å²) in [6.07, 6.45) is 1.27. The van der Waals surface area contributed by atoms with Gasteiger partial charge in [0.25, 0.3) is 0 Å². The fourth-order valence-corrected chi connectivity index (χ4v) is 2.48. The molecule has 1 atom stereocenters. The Morgan fingerprint density at radius 3 is 2.40 bits per heavy atom. The minimum atomic E-state index is -0.283. The number of hydrogen-bond donors (Lipinski definition) is 2. The van der Waals surface area contributed by atoms with E-state index in [4.69, 9.17) is 10.5 Å². The highest BCUT2D eigenvalue weighted by atomic mass is 35.5. The Kier molecular flexibility index (Phi) is 9.85. The van der Waals surface area contributed by atoms with Crippen molar-refractivity contribution >= 4 is 18.3 Å². The van der Waals surface area contributed by atoms with Gasteiger partial charge in [-0.05, 0) is 23.1 Å². The molecule has 0 aliphatic rings. The van der Waals surface area contributed by atoms with E-state index in [-0.39, 0.29) is 30.8 Å². The maximum Gasteiger partial charge on any atom is 0.222 e. The predicted molar refractivity (Wildman–Crippen MR) is 103 cm³/mol. The molecular formula is C20H27ClN2O2. The first-order valence-corrected chi connectivity index (χ1v) is 8.42. The van der Waals surface area contributed by atoms with Crippen LogP contribution in [0.5, 0.6) is 0 Å². The van der Waals surface area contributed by atoms with Gasteiger partial charge in [0.15, 0.2) is 0 Å². The van der Waals surface area contributed by atoms with Crippen molar-refractivity contribution in [3.05, 3.63) is 71.3 Å². The van der Waals surface area contributed by atoms with Crippen molar-refractivity contribution < 1.29 is 9.53 Å². The summed E-state index contributed by atoms with van der Waals surface area (Å²) in [5, 5.41) is 2.96. The molecule has 2 rings (SSSR count). The molecule has 0 fully saturated rings. The number of rotatable bonds is 9. The van der Waals surface area contributed by atoms with Crippen LogP contribution in [0.4, 0.5) is 0 Å². The molecular weight excluding hydrogens is 336 g/mol. The van der Waals surface area contributed by atoms with E-state index in [9.17, 15) is 4.79 Å². The number of nitrogens with one attached hydrogen (secondary N) is 1. The van der Waals surface area contributed by atoms with Crippen LogP contribution < -0.4 is 11.1 Å². The molecule has 0 aliphatic carbocycles. The van der Waals surface area contributed by atoms with Gasteiger partial charge in [0.05, 0.1) is 6.61 Å². The van der Waals surface area contributed by atoms with Crippen LogP contribution in [0.2, 0.25) is 0 Å². The maximum atomic E-state index is 12.1. The fraction of sp³-hybridized carbons (Fsp3) is 0.350. The van der Waals surface area contributed by atoms with Gasteiger partial charge in [-0.1, -0.05) is 61.5 Å². The van der Waals surface area contributed by atoms with Crippen molar-refractivity contribution in [1.29, 1.82) is 0 Å². The van der Waals surface area contributed by atoms with Crippen molar-refractivity contribution in [1.82, 2.24) is 5.32 Å². The molecule has 0 radical (unpaired) electrons. The Labute approximate surface area is 156 Å². The number of amides is 1.